The Hall–Kier alpha value is -3.25. The smallest absolute Gasteiger partial charge is 0.316 e. The number of nitrogens with zero attached hydrogens (tertiary/aromatic N) is 2. The molecule has 0 atom stereocenters. The Morgan fingerprint density at radius 1 is 0.935 bits per heavy atom. The molecule has 0 aliphatic heterocycles. The second kappa shape index (κ2) is 10.2. The van der Waals surface area contributed by atoms with Gasteiger partial charge in [0.25, 0.3) is 0 Å². The van der Waals surface area contributed by atoms with Crippen LogP contribution in [-0.4, -0.2) is 34.5 Å². The molecule has 0 fully saturated rings. The lowest BCUT2D eigenvalue weighted by Crippen LogP contribution is -2.14. The van der Waals surface area contributed by atoms with E-state index in [9.17, 15) is 4.79 Å². The Morgan fingerprint density at radius 3 is 2.52 bits per heavy atom. The molecule has 0 unspecified atom stereocenters. The molecule has 0 aliphatic carbocycles. The second-order valence-electron chi connectivity index (χ2n) is 7.07. The zero-order valence-corrected chi connectivity index (χ0v) is 18.2. The highest BCUT2D eigenvalue weighted by molar-refractivity contribution is 7.99. The summed E-state index contributed by atoms with van der Waals surface area (Å²) >= 11 is 1.40. The fourth-order valence-electron chi connectivity index (χ4n) is 3.27. The van der Waals surface area contributed by atoms with E-state index in [1.54, 1.807) is 0 Å². The Bertz CT molecular complexity index is 1160. The standard InChI is InChI=1S/C25H24N2O3S/c1-19-9-5-6-10-20(19)17-27-23-14-8-7-13-22(23)26-25(27)31-18-24(28)30-16-15-29-21-11-3-2-4-12-21/h2-14H,15-18H2,1H3. The second-order valence-corrected chi connectivity index (χ2v) is 8.01. The molecule has 0 aliphatic rings. The van der Waals surface area contributed by atoms with E-state index >= 15 is 0 Å². The van der Waals surface area contributed by atoms with Gasteiger partial charge in [-0.15, -0.1) is 0 Å². The topological polar surface area (TPSA) is 53.4 Å². The first-order valence-electron chi connectivity index (χ1n) is 10.2. The summed E-state index contributed by atoms with van der Waals surface area (Å²) in [5.74, 6) is 0.677. The molecule has 31 heavy (non-hydrogen) atoms. The quantitative estimate of drug-likeness (QED) is 0.209. The van der Waals surface area contributed by atoms with Crippen LogP contribution in [0.3, 0.4) is 0 Å². The highest BCUT2D eigenvalue weighted by atomic mass is 32.2. The van der Waals surface area contributed by atoms with E-state index in [1.807, 2.05) is 60.7 Å². The summed E-state index contributed by atoms with van der Waals surface area (Å²) in [4.78, 5) is 17.0. The minimum Gasteiger partial charge on any atom is -0.490 e. The number of ether oxygens (including phenoxy) is 2. The molecule has 0 saturated heterocycles. The van der Waals surface area contributed by atoms with Crippen LogP contribution in [-0.2, 0) is 16.1 Å². The molecular formula is C25H24N2O3S. The summed E-state index contributed by atoms with van der Waals surface area (Å²) in [6, 6.07) is 25.8. The fourth-order valence-corrected chi connectivity index (χ4v) is 4.08. The van der Waals surface area contributed by atoms with Crippen LogP contribution in [0.25, 0.3) is 11.0 Å². The number of imidazole rings is 1. The van der Waals surface area contributed by atoms with E-state index in [0.717, 1.165) is 21.9 Å². The number of esters is 1. The Balaban J connectivity index is 1.37. The first-order chi connectivity index (χ1) is 15.2. The van der Waals surface area contributed by atoms with Gasteiger partial charge >= 0.3 is 5.97 Å². The number of hydrogen-bond donors (Lipinski definition) is 0. The monoisotopic (exact) mass is 432 g/mol. The van der Waals surface area contributed by atoms with Gasteiger partial charge in [0, 0.05) is 0 Å². The number of carbonyl (C=O) groups is 1. The molecule has 158 valence electrons. The van der Waals surface area contributed by atoms with Gasteiger partial charge in [0.15, 0.2) is 5.16 Å². The molecule has 5 nitrogen and oxygen atoms in total. The van der Waals surface area contributed by atoms with E-state index in [1.165, 1.54) is 22.9 Å². The molecule has 0 amide bonds. The van der Waals surface area contributed by atoms with Crippen LogP contribution in [0.15, 0.2) is 84.0 Å². The summed E-state index contributed by atoms with van der Waals surface area (Å²) in [6.45, 7) is 3.35. The molecule has 0 saturated carbocycles. The number of para-hydroxylation sites is 3. The number of aromatic nitrogens is 2. The third-order valence-corrected chi connectivity index (χ3v) is 5.84. The molecule has 6 heteroatoms. The van der Waals surface area contributed by atoms with Crippen molar-refractivity contribution in [3.63, 3.8) is 0 Å². The predicted molar refractivity (Wildman–Crippen MR) is 124 cm³/mol. The molecule has 4 rings (SSSR count). The number of carbonyl (C=O) groups excluding carboxylic acids is 1. The third kappa shape index (κ3) is 5.47. The molecule has 0 N–H and O–H groups in total. The summed E-state index contributed by atoms with van der Waals surface area (Å²) in [5, 5.41) is 0.807. The average molecular weight is 433 g/mol. The molecule has 3 aromatic carbocycles. The van der Waals surface area contributed by atoms with Gasteiger partial charge in [0.05, 0.1) is 23.3 Å². The number of aryl methyl sites for hydroxylation is 1. The minimum atomic E-state index is -0.281. The van der Waals surface area contributed by atoms with Crippen LogP contribution in [0.4, 0.5) is 0 Å². The van der Waals surface area contributed by atoms with Gasteiger partial charge < -0.3 is 14.0 Å². The van der Waals surface area contributed by atoms with E-state index in [2.05, 4.69) is 29.7 Å². The molecule has 0 radical (unpaired) electrons. The van der Waals surface area contributed by atoms with Crippen molar-refractivity contribution in [2.45, 2.75) is 18.6 Å². The van der Waals surface area contributed by atoms with E-state index in [-0.39, 0.29) is 18.3 Å². The van der Waals surface area contributed by atoms with Crippen LogP contribution < -0.4 is 4.74 Å². The van der Waals surface area contributed by atoms with Crippen LogP contribution in [0.1, 0.15) is 11.1 Å². The van der Waals surface area contributed by atoms with Gasteiger partial charge in [-0.05, 0) is 42.3 Å². The number of rotatable bonds is 9. The fraction of sp³-hybridized carbons (Fsp3) is 0.200. The molecule has 0 bridgehead atoms. The van der Waals surface area contributed by atoms with Gasteiger partial charge in [0.2, 0.25) is 0 Å². The molecule has 1 heterocycles. The van der Waals surface area contributed by atoms with Crippen molar-refractivity contribution in [3.8, 4) is 5.75 Å². The predicted octanol–water partition coefficient (Wildman–Crippen LogP) is 5.11. The Labute approximate surface area is 186 Å². The molecule has 1 aromatic heterocycles. The van der Waals surface area contributed by atoms with Crippen LogP contribution >= 0.6 is 11.8 Å². The van der Waals surface area contributed by atoms with Crippen LogP contribution in [0, 0.1) is 6.92 Å². The number of hydrogen-bond acceptors (Lipinski definition) is 5. The SMILES string of the molecule is Cc1ccccc1Cn1c(SCC(=O)OCCOc2ccccc2)nc2ccccc21. The first kappa shape index (κ1) is 21.0. The number of benzene rings is 3. The summed E-state index contributed by atoms with van der Waals surface area (Å²) < 4.78 is 13.0. The van der Waals surface area contributed by atoms with Gasteiger partial charge in [0.1, 0.15) is 19.0 Å². The van der Waals surface area contributed by atoms with Gasteiger partial charge in [-0.1, -0.05) is 66.4 Å². The largest absolute Gasteiger partial charge is 0.490 e. The van der Waals surface area contributed by atoms with Crippen molar-refractivity contribution in [3.05, 3.63) is 90.0 Å². The lowest BCUT2D eigenvalue weighted by Gasteiger charge is -2.11. The van der Waals surface area contributed by atoms with Crippen LogP contribution in [0.5, 0.6) is 5.75 Å². The minimum absolute atomic E-state index is 0.197. The Kier molecular flexibility index (Phi) is 6.89. The lowest BCUT2D eigenvalue weighted by molar-refractivity contribution is -0.141. The number of thioether (sulfide) groups is 1. The van der Waals surface area contributed by atoms with Crippen molar-refractivity contribution >= 4 is 28.8 Å². The van der Waals surface area contributed by atoms with Crippen molar-refractivity contribution in [1.82, 2.24) is 9.55 Å². The van der Waals surface area contributed by atoms with E-state index in [4.69, 9.17) is 14.5 Å². The third-order valence-electron chi connectivity index (χ3n) is 4.89. The molecule has 4 aromatic rings. The summed E-state index contributed by atoms with van der Waals surface area (Å²) in [6.07, 6.45) is 0. The Morgan fingerprint density at radius 2 is 1.68 bits per heavy atom. The molecule has 0 spiro atoms. The maximum absolute atomic E-state index is 12.2. The zero-order valence-electron chi connectivity index (χ0n) is 17.4. The van der Waals surface area contributed by atoms with Gasteiger partial charge in [-0.2, -0.15) is 0 Å². The average Bonchev–Trinajstić information content (AvgIpc) is 3.15. The maximum atomic E-state index is 12.2. The number of fused-ring (bicyclic) bond motifs is 1. The van der Waals surface area contributed by atoms with Crippen molar-refractivity contribution < 1.29 is 14.3 Å². The normalized spacial score (nSPS) is 10.9. The van der Waals surface area contributed by atoms with E-state index in [0.29, 0.717) is 13.2 Å². The van der Waals surface area contributed by atoms with Gasteiger partial charge in [-0.25, -0.2) is 4.98 Å². The van der Waals surface area contributed by atoms with Crippen molar-refractivity contribution in [1.29, 1.82) is 0 Å². The van der Waals surface area contributed by atoms with E-state index < -0.39 is 0 Å². The molecular weight excluding hydrogens is 408 g/mol. The lowest BCUT2D eigenvalue weighted by atomic mass is 10.1. The highest BCUT2D eigenvalue weighted by Crippen LogP contribution is 2.26. The highest BCUT2D eigenvalue weighted by Gasteiger charge is 2.14. The van der Waals surface area contributed by atoms with Gasteiger partial charge in [-0.3, -0.25) is 4.79 Å². The zero-order chi connectivity index (χ0) is 21.5. The van der Waals surface area contributed by atoms with Crippen molar-refractivity contribution in [2.75, 3.05) is 19.0 Å². The first-order valence-corrected chi connectivity index (χ1v) is 11.2. The van der Waals surface area contributed by atoms with Crippen molar-refractivity contribution in [2.24, 2.45) is 0 Å². The maximum Gasteiger partial charge on any atom is 0.316 e. The summed E-state index contributed by atoms with van der Waals surface area (Å²) in [7, 11) is 0. The summed E-state index contributed by atoms with van der Waals surface area (Å²) in [5.41, 5.74) is 4.43. The van der Waals surface area contributed by atoms with Crippen LogP contribution in [0.2, 0.25) is 0 Å².